The largest absolute Gasteiger partial charge is 0.394 e. The Morgan fingerprint density at radius 1 is 0.680 bits per heavy atom. The standard InChI is InChI=1S/C12H22O9S4/c13-1-3-5(15)7(17)9(19)11(20-3)23-25-24-12-10(22)8(18)6(16)4(2-14)21-12/h3-19,22H,1-2H2/t3-,4-,5-,6-,7+,8+,9-,10-,11+,12+/m1/s1. The Hall–Kier alpha value is 1.04. The predicted molar refractivity (Wildman–Crippen MR) is 97.1 cm³/mol. The molecule has 2 aliphatic rings. The van der Waals surface area contributed by atoms with Gasteiger partial charge in [0.05, 0.1) is 24.6 Å². The molecule has 2 heterocycles. The average molecular weight is 439 g/mol. The monoisotopic (exact) mass is 438 g/mol. The molecule has 0 aromatic rings. The second-order valence-electron chi connectivity index (χ2n) is 5.66. The molecule has 0 aromatic carbocycles. The van der Waals surface area contributed by atoms with Gasteiger partial charge in [-0.2, -0.15) is 12.6 Å². The van der Waals surface area contributed by atoms with Gasteiger partial charge in [0.2, 0.25) is 0 Å². The van der Waals surface area contributed by atoms with Crippen molar-refractivity contribution in [2.75, 3.05) is 13.2 Å². The van der Waals surface area contributed by atoms with E-state index in [4.69, 9.17) is 14.6 Å². The van der Waals surface area contributed by atoms with Crippen molar-refractivity contribution in [1.29, 1.82) is 0 Å². The molecule has 0 aliphatic carbocycles. The highest BCUT2D eigenvalue weighted by atomic mass is 33.5. The molecule has 0 amide bonds. The first-order valence-corrected chi connectivity index (χ1v) is 11.5. The van der Waals surface area contributed by atoms with E-state index in [9.17, 15) is 30.6 Å². The van der Waals surface area contributed by atoms with E-state index in [-0.39, 0.29) is 0 Å². The maximum atomic E-state index is 9.95. The Kier molecular flexibility index (Phi) is 8.93. The zero-order valence-corrected chi connectivity index (χ0v) is 16.2. The Labute approximate surface area is 161 Å². The highest BCUT2D eigenvalue weighted by Gasteiger charge is 2.45. The Balaban J connectivity index is 1.87. The van der Waals surface area contributed by atoms with Crippen LogP contribution in [-0.4, -0.2) is 108 Å². The second kappa shape index (κ2) is 10.0. The van der Waals surface area contributed by atoms with Crippen molar-refractivity contribution in [1.82, 2.24) is 0 Å². The van der Waals surface area contributed by atoms with E-state index < -0.39 is 72.1 Å². The van der Waals surface area contributed by atoms with Crippen LogP contribution in [0.4, 0.5) is 0 Å². The van der Waals surface area contributed by atoms with Crippen molar-refractivity contribution in [3.05, 3.63) is 0 Å². The maximum absolute atomic E-state index is 9.95. The molecule has 2 saturated heterocycles. The van der Waals surface area contributed by atoms with Gasteiger partial charge in [0.15, 0.2) is 0 Å². The molecule has 0 unspecified atom stereocenters. The first-order valence-electron chi connectivity index (χ1n) is 7.41. The molecular weight excluding hydrogens is 416 g/mol. The number of aliphatic hydroxyl groups excluding tert-OH is 7. The van der Waals surface area contributed by atoms with Crippen molar-refractivity contribution >= 4 is 44.0 Å². The highest BCUT2D eigenvalue weighted by molar-refractivity contribution is 9.09. The lowest BCUT2D eigenvalue weighted by molar-refractivity contribution is -0.205. The summed E-state index contributed by atoms with van der Waals surface area (Å²) in [5, 5.41) is 66.8. The van der Waals surface area contributed by atoms with Gasteiger partial charge in [0, 0.05) is 0 Å². The van der Waals surface area contributed by atoms with Crippen LogP contribution in [0, 0.1) is 0 Å². The first-order chi connectivity index (χ1) is 11.8. The van der Waals surface area contributed by atoms with E-state index in [1.807, 2.05) is 0 Å². The fourth-order valence-electron chi connectivity index (χ4n) is 2.39. The van der Waals surface area contributed by atoms with Gasteiger partial charge >= 0.3 is 0 Å². The maximum Gasteiger partial charge on any atom is 0.143 e. The summed E-state index contributed by atoms with van der Waals surface area (Å²) in [6.07, 6.45) is -8.56. The van der Waals surface area contributed by atoms with E-state index >= 15 is 0 Å². The summed E-state index contributed by atoms with van der Waals surface area (Å²) < 4.78 is 10.8. The topological polar surface area (TPSA) is 160 Å². The number of thiol groups is 1. The Bertz CT molecular complexity index is 382. The van der Waals surface area contributed by atoms with Gasteiger partial charge in [0.25, 0.3) is 0 Å². The fraction of sp³-hybridized carbons (Fsp3) is 1.00. The second-order valence-corrected chi connectivity index (χ2v) is 10.5. The molecular formula is C12H22O9S4. The molecule has 9 nitrogen and oxygen atoms in total. The Morgan fingerprint density at radius 3 is 1.72 bits per heavy atom. The molecule has 13 heteroatoms. The fourth-order valence-corrected chi connectivity index (χ4v) is 7.57. The van der Waals surface area contributed by atoms with Gasteiger partial charge in [-0.25, -0.2) is 0 Å². The summed E-state index contributed by atoms with van der Waals surface area (Å²) >= 11 is 4.22. The summed E-state index contributed by atoms with van der Waals surface area (Å²) in [5.41, 5.74) is -1.56. The van der Waals surface area contributed by atoms with Crippen LogP contribution < -0.4 is 0 Å². The summed E-state index contributed by atoms with van der Waals surface area (Å²) in [5.74, 6) is 0. The normalized spacial score (nSPS) is 48.5. The molecule has 148 valence electrons. The quantitative estimate of drug-likeness (QED) is 0.164. The molecule has 0 spiro atoms. The van der Waals surface area contributed by atoms with Crippen molar-refractivity contribution in [2.45, 2.75) is 58.8 Å². The zero-order chi connectivity index (χ0) is 18.7. The van der Waals surface area contributed by atoms with Gasteiger partial charge < -0.3 is 45.2 Å². The molecule has 0 bridgehead atoms. The van der Waals surface area contributed by atoms with E-state index in [1.54, 1.807) is 0 Å². The van der Waals surface area contributed by atoms with Crippen molar-refractivity contribution < 1.29 is 45.2 Å². The molecule has 0 saturated carbocycles. The summed E-state index contributed by atoms with van der Waals surface area (Å²) in [4.78, 5) is 0. The lowest BCUT2D eigenvalue weighted by Gasteiger charge is -2.40. The van der Waals surface area contributed by atoms with Crippen molar-refractivity contribution in [2.24, 2.45) is 0 Å². The minimum Gasteiger partial charge on any atom is -0.394 e. The molecule has 2 fully saturated rings. The molecule has 2 aliphatic heterocycles. The minimum absolute atomic E-state index is 0.458. The van der Waals surface area contributed by atoms with Crippen LogP contribution in [0.25, 0.3) is 0 Å². The van der Waals surface area contributed by atoms with E-state index in [1.165, 1.54) is 0 Å². The average Bonchev–Trinajstić information content (AvgIpc) is 2.61. The third kappa shape index (κ3) is 5.10. The van der Waals surface area contributed by atoms with Crippen LogP contribution in [0.2, 0.25) is 0 Å². The molecule has 25 heavy (non-hydrogen) atoms. The van der Waals surface area contributed by atoms with Crippen LogP contribution >= 0.6 is 44.0 Å². The third-order valence-corrected chi connectivity index (χ3v) is 9.10. The lowest BCUT2D eigenvalue weighted by atomic mass is 10.0. The van der Waals surface area contributed by atoms with Gasteiger partial charge in [-0.15, -0.1) is 0 Å². The van der Waals surface area contributed by atoms with Gasteiger partial charge in [-0.05, 0) is 31.4 Å². The van der Waals surface area contributed by atoms with Crippen molar-refractivity contribution in [3.8, 4) is 0 Å². The third-order valence-electron chi connectivity index (χ3n) is 3.97. The Morgan fingerprint density at radius 2 is 1.16 bits per heavy atom. The number of ether oxygens (including phenoxy) is 2. The molecule has 0 aromatic heterocycles. The number of aliphatic hydroxyl groups is 7. The summed E-state index contributed by atoms with van der Waals surface area (Å²) in [6, 6.07) is 0. The van der Waals surface area contributed by atoms with Crippen LogP contribution in [-0.2, 0) is 9.47 Å². The molecule has 2 rings (SSSR count). The predicted octanol–water partition coefficient (Wildman–Crippen LogP) is -2.45. The van der Waals surface area contributed by atoms with Crippen LogP contribution in [0.5, 0.6) is 0 Å². The molecule has 7 N–H and O–H groups in total. The highest BCUT2D eigenvalue weighted by Crippen LogP contribution is 2.47. The van der Waals surface area contributed by atoms with Gasteiger partial charge in [0.1, 0.15) is 47.5 Å². The molecule has 10 atom stereocenters. The lowest BCUT2D eigenvalue weighted by Crippen LogP contribution is -2.57. The van der Waals surface area contributed by atoms with Crippen LogP contribution in [0.1, 0.15) is 0 Å². The van der Waals surface area contributed by atoms with Gasteiger partial charge in [-0.1, -0.05) is 0 Å². The summed E-state index contributed by atoms with van der Waals surface area (Å²) in [7, 11) is 3.31. The minimum atomic E-state index is -1.45. The number of rotatable bonds is 6. The SMILES string of the molecule is OC[C@H]1O[C@@H](SSS[C@@H]2O[C@H](CO)[C@@H](O)[C@H](O)[C@H]2S)[C@H](O)[C@@H](O)[C@@H]1O. The van der Waals surface area contributed by atoms with E-state index in [0.717, 1.165) is 31.4 Å². The van der Waals surface area contributed by atoms with Crippen molar-refractivity contribution in [3.63, 3.8) is 0 Å². The number of hydrogen-bond donors (Lipinski definition) is 8. The van der Waals surface area contributed by atoms with Crippen LogP contribution in [0.15, 0.2) is 0 Å². The zero-order valence-electron chi connectivity index (χ0n) is 12.8. The van der Waals surface area contributed by atoms with E-state index in [0.29, 0.717) is 0 Å². The summed E-state index contributed by atoms with van der Waals surface area (Å²) in [6.45, 7) is -0.965. The molecule has 0 radical (unpaired) electrons. The van der Waals surface area contributed by atoms with Gasteiger partial charge in [-0.3, -0.25) is 0 Å². The first kappa shape index (κ1) is 22.3. The van der Waals surface area contributed by atoms with Crippen LogP contribution in [0.3, 0.4) is 0 Å². The smallest absolute Gasteiger partial charge is 0.143 e. The van der Waals surface area contributed by atoms with E-state index in [2.05, 4.69) is 12.6 Å². The number of hydrogen-bond acceptors (Lipinski definition) is 13.